The van der Waals surface area contributed by atoms with Gasteiger partial charge in [0.05, 0.1) is 17.8 Å². The van der Waals surface area contributed by atoms with E-state index in [2.05, 4.69) is 4.98 Å². The van der Waals surface area contributed by atoms with Crippen molar-refractivity contribution in [3.63, 3.8) is 0 Å². The van der Waals surface area contributed by atoms with Crippen LogP contribution in [0.2, 0.25) is 0 Å². The molecule has 2 N–H and O–H groups in total. The second kappa shape index (κ2) is 3.59. The smallest absolute Gasteiger partial charge is 0.266 e. The highest BCUT2D eigenvalue weighted by Gasteiger charge is 2.38. The van der Waals surface area contributed by atoms with Crippen molar-refractivity contribution in [1.29, 1.82) is 5.26 Å². The molecule has 1 saturated heterocycles. The number of nitrogen functional groups attached to an aromatic ring is 1. The van der Waals surface area contributed by atoms with E-state index >= 15 is 0 Å². The maximum Gasteiger partial charge on any atom is 0.266 e. The normalized spacial score (nSPS) is 18.4. The second-order valence-electron chi connectivity index (χ2n) is 3.77. The van der Waals surface area contributed by atoms with Gasteiger partial charge in [-0.3, -0.25) is 0 Å². The Morgan fingerprint density at radius 1 is 1.56 bits per heavy atom. The van der Waals surface area contributed by atoms with E-state index in [4.69, 9.17) is 11.0 Å². The van der Waals surface area contributed by atoms with Gasteiger partial charge < -0.3 is 10.6 Å². The molecule has 0 aliphatic carbocycles. The molecule has 84 valence electrons. The average molecular weight is 224 g/mol. The van der Waals surface area contributed by atoms with Crippen LogP contribution in [0.15, 0.2) is 12.3 Å². The highest BCUT2D eigenvalue weighted by atomic mass is 19.3. The number of aromatic nitrogens is 1. The Morgan fingerprint density at radius 2 is 2.31 bits per heavy atom. The van der Waals surface area contributed by atoms with E-state index in [-0.39, 0.29) is 30.9 Å². The summed E-state index contributed by atoms with van der Waals surface area (Å²) in [7, 11) is 0. The molecular formula is C10H10F2N4. The Morgan fingerprint density at radius 3 is 2.88 bits per heavy atom. The van der Waals surface area contributed by atoms with Crippen LogP contribution >= 0.6 is 0 Å². The lowest BCUT2D eigenvalue weighted by atomic mass is 10.2. The molecule has 0 radical (unpaired) electrons. The van der Waals surface area contributed by atoms with Gasteiger partial charge in [0.25, 0.3) is 5.92 Å². The van der Waals surface area contributed by atoms with Crippen LogP contribution in [0.3, 0.4) is 0 Å². The van der Waals surface area contributed by atoms with E-state index in [1.54, 1.807) is 0 Å². The Labute approximate surface area is 91.3 Å². The van der Waals surface area contributed by atoms with E-state index in [9.17, 15) is 8.78 Å². The molecular weight excluding hydrogens is 214 g/mol. The van der Waals surface area contributed by atoms with Gasteiger partial charge in [0.1, 0.15) is 11.9 Å². The number of nitriles is 1. The van der Waals surface area contributed by atoms with Crippen LogP contribution in [-0.2, 0) is 0 Å². The fourth-order valence-corrected chi connectivity index (χ4v) is 1.75. The predicted molar refractivity (Wildman–Crippen MR) is 55.1 cm³/mol. The lowest BCUT2D eigenvalue weighted by Gasteiger charge is -2.19. The number of hydrogen-bond donors (Lipinski definition) is 1. The van der Waals surface area contributed by atoms with Crippen molar-refractivity contribution >= 4 is 11.5 Å². The lowest BCUT2D eigenvalue weighted by Crippen LogP contribution is -2.25. The van der Waals surface area contributed by atoms with Gasteiger partial charge in [-0.05, 0) is 0 Å². The molecule has 0 unspecified atom stereocenters. The maximum atomic E-state index is 13.0. The van der Waals surface area contributed by atoms with Gasteiger partial charge in [0, 0.05) is 25.2 Å². The Bertz CT molecular complexity index is 453. The van der Waals surface area contributed by atoms with Crippen molar-refractivity contribution in [2.45, 2.75) is 12.3 Å². The van der Waals surface area contributed by atoms with Crippen molar-refractivity contribution in [2.75, 3.05) is 23.7 Å². The summed E-state index contributed by atoms with van der Waals surface area (Å²) < 4.78 is 26.1. The fraction of sp³-hybridized carbons (Fsp3) is 0.400. The summed E-state index contributed by atoms with van der Waals surface area (Å²) in [5, 5.41) is 8.85. The summed E-state index contributed by atoms with van der Waals surface area (Å²) >= 11 is 0. The predicted octanol–water partition coefficient (Wildman–Crippen LogP) is 1.38. The third-order valence-corrected chi connectivity index (χ3v) is 2.53. The number of rotatable bonds is 1. The van der Waals surface area contributed by atoms with Crippen LogP contribution in [0.4, 0.5) is 20.3 Å². The molecule has 1 aromatic heterocycles. The van der Waals surface area contributed by atoms with Crippen molar-refractivity contribution < 1.29 is 8.78 Å². The van der Waals surface area contributed by atoms with E-state index in [0.29, 0.717) is 5.69 Å². The third kappa shape index (κ3) is 1.89. The molecule has 0 aromatic carbocycles. The summed E-state index contributed by atoms with van der Waals surface area (Å²) in [6, 6.07) is 3.38. The zero-order chi connectivity index (χ0) is 11.8. The third-order valence-electron chi connectivity index (χ3n) is 2.53. The maximum absolute atomic E-state index is 13.0. The molecule has 6 heteroatoms. The zero-order valence-electron chi connectivity index (χ0n) is 8.45. The molecule has 16 heavy (non-hydrogen) atoms. The molecule has 4 nitrogen and oxygen atoms in total. The minimum absolute atomic E-state index is 0.194. The molecule has 0 bridgehead atoms. The van der Waals surface area contributed by atoms with Crippen LogP contribution in [0, 0.1) is 11.3 Å². The van der Waals surface area contributed by atoms with Gasteiger partial charge in [-0.2, -0.15) is 5.26 Å². The highest BCUT2D eigenvalue weighted by molar-refractivity contribution is 5.63. The van der Waals surface area contributed by atoms with Crippen LogP contribution < -0.4 is 10.6 Å². The first-order valence-corrected chi connectivity index (χ1v) is 4.80. The number of pyridine rings is 1. The Balaban J connectivity index is 2.34. The number of nitrogens with two attached hydrogens (primary N) is 1. The summed E-state index contributed by atoms with van der Waals surface area (Å²) in [5.74, 6) is -2.46. The lowest BCUT2D eigenvalue weighted by molar-refractivity contribution is 0.0257. The molecule has 0 spiro atoms. The Hall–Kier alpha value is -1.90. The first-order chi connectivity index (χ1) is 7.52. The molecule has 1 aromatic rings. The molecule has 1 aliphatic heterocycles. The standard InChI is InChI=1S/C10H10F2N4/c11-10(12)1-2-16(6-10)8-3-9(14)15-5-7(8)4-13/h3,5H,1-2,6H2,(H2,14,15). The van der Waals surface area contributed by atoms with Crippen LogP contribution in [0.1, 0.15) is 12.0 Å². The average Bonchev–Trinajstić information content (AvgIpc) is 2.59. The van der Waals surface area contributed by atoms with Gasteiger partial charge in [0.2, 0.25) is 0 Å². The Kier molecular flexibility index (Phi) is 2.38. The van der Waals surface area contributed by atoms with Crippen molar-refractivity contribution in [1.82, 2.24) is 4.98 Å². The quantitative estimate of drug-likeness (QED) is 0.782. The van der Waals surface area contributed by atoms with Crippen LogP contribution in [0.5, 0.6) is 0 Å². The second-order valence-corrected chi connectivity index (χ2v) is 3.77. The first-order valence-electron chi connectivity index (χ1n) is 4.80. The van der Waals surface area contributed by atoms with Crippen molar-refractivity contribution in [3.8, 4) is 6.07 Å². The van der Waals surface area contributed by atoms with E-state index < -0.39 is 5.92 Å². The van der Waals surface area contributed by atoms with Gasteiger partial charge in [-0.25, -0.2) is 13.8 Å². The summed E-state index contributed by atoms with van der Waals surface area (Å²) in [6.45, 7) is -0.143. The fourth-order valence-electron chi connectivity index (χ4n) is 1.75. The molecule has 0 atom stereocenters. The van der Waals surface area contributed by atoms with E-state index in [1.165, 1.54) is 17.2 Å². The van der Waals surface area contributed by atoms with Gasteiger partial charge in [-0.1, -0.05) is 0 Å². The monoisotopic (exact) mass is 224 g/mol. The van der Waals surface area contributed by atoms with Crippen molar-refractivity contribution in [3.05, 3.63) is 17.8 Å². The summed E-state index contributed by atoms with van der Waals surface area (Å²) in [4.78, 5) is 5.23. The minimum atomic E-state index is -2.69. The van der Waals surface area contributed by atoms with E-state index in [0.717, 1.165) is 0 Å². The van der Waals surface area contributed by atoms with Gasteiger partial charge in [-0.15, -0.1) is 0 Å². The SMILES string of the molecule is N#Cc1cnc(N)cc1N1CCC(F)(F)C1. The van der Waals surface area contributed by atoms with Gasteiger partial charge in [0.15, 0.2) is 0 Å². The molecule has 1 aliphatic rings. The number of halogens is 2. The number of alkyl halides is 2. The van der Waals surface area contributed by atoms with Gasteiger partial charge >= 0.3 is 0 Å². The highest BCUT2D eigenvalue weighted by Crippen LogP contribution is 2.32. The largest absolute Gasteiger partial charge is 0.384 e. The number of anilines is 2. The van der Waals surface area contributed by atoms with Crippen LogP contribution in [0.25, 0.3) is 0 Å². The van der Waals surface area contributed by atoms with E-state index in [1.807, 2.05) is 6.07 Å². The van der Waals surface area contributed by atoms with Crippen molar-refractivity contribution in [2.24, 2.45) is 0 Å². The zero-order valence-corrected chi connectivity index (χ0v) is 8.45. The topological polar surface area (TPSA) is 65.9 Å². The number of nitrogens with zero attached hydrogens (tertiary/aromatic N) is 3. The summed E-state index contributed by atoms with van der Waals surface area (Å²) in [5.41, 5.74) is 6.19. The molecule has 2 heterocycles. The van der Waals surface area contributed by atoms with Crippen LogP contribution in [-0.4, -0.2) is 24.0 Å². The molecule has 0 amide bonds. The minimum Gasteiger partial charge on any atom is -0.384 e. The summed E-state index contributed by atoms with van der Waals surface area (Å²) in [6.07, 6.45) is 1.11. The first kappa shape index (κ1) is 10.6. The molecule has 2 rings (SSSR count). The number of hydrogen-bond acceptors (Lipinski definition) is 4. The molecule has 1 fully saturated rings. The molecule has 0 saturated carbocycles.